The van der Waals surface area contributed by atoms with Gasteiger partial charge in [-0.25, -0.2) is 4.39 Å². The first kappa shape index (κ1) is 17.4. The van der Waals surface area contributed by atoms with Crippen LogP contribution in [0, 0.1) is 5.82 Å². The lowest BCUT2D eigenvalue weighted by atomic mass is 10.2. The smallest absolute Gasteiger partial charge is 0.258 e. The first-order chi connectivity index (χ1) is 12.6. The highest BCUT2D eigenvalue weighted by molar-refractivity contribution is 5.91. The van der Waals surface area contributed by atoms with Gasteiger partial charge < -0.3 is 19.3 Å². The number of nitrogens with zero attached hydrogens (tertiary/aromatic N) is 2. The molecule has 1 N–H and O–H groups in total. The fourth-order valence-electron chi connectivity index (χ4n) is 2.31. The van der Waals surface area contributed by atoms with Gasteiger partial charge in [0.2, 0.25) is 5.91 Å². The molecule has 0 saturated carbocycles. The second kappa shape index (κ2) is 7.64. The summed E-state index contributed by atoms with van der Waals surface area (Å²) in [5.41, 5.74) is 0.719. The quantitative estimate of drug-likeness (QED) is 0.730. The van der Waals surface area contributed by atoms with E-state index in [-0.39, 0.29) is 23.8 Å². The summed E-state index contributed by atoms with van der Waals surface area (Å²) >= 11 is 0. The van der Waals surface area contributed by atoms with Gasteiger partial charge in [0, 0.05) is 5.56 Å². The van der Waals surface area contributed by atoms with E-state index in [0.29, 0.717) is 17.1 Å². The average Bonchev–Trinajstić information content (AvgIpc) is 3.11. The van der Waals surface area contributed by atoms with Crippen LogP contribution in [0.2, 0.25) is 0 Å². The molecule has 0 aliphatic rings. The second-order valence-corrected chi connectivity index (χ2v) is 5.29. The van der Waals surface area contributed by atoms with Crippen LogP contribution in [-0.2, 0) is 11.2 Å². The molecule has 2 aromatic carbocycles. The van der Waals surface area contributed by atoms with Gasteiger partial charge in [-0.1, -0.05) is 17.3 Å². The van der Waals surface area contributed by atoms with E-state index in [1.807, 2.05) is 0 Å². The molecule has 0 unspecified atom stereocenters. The molecule has 1 heterocycles. The van der Waals surface area contributed by atoms with E-state index in [1.165, 1.54) is 26.4 Å². The molecule has 134 valence electrons. The van der Waals surface area contributed by atoms with Gasteiger partial charge in [-0.3, -0.25) is 4.79 Å². The number of nitrogens with one attached hydrogen (secondary N) is 1. The minimum Gasteiger partial charge on any atom is -0.493 e. The van der Waals surface area contributed by atoms with Crippen molar-refractivity contribution in [2.24, 2.45) is 0 Å². The second-order valence-electron chi connectivity index (χ2n) is 5.29. The van der Waals surface area contributed by atoms with Crippen molar-refractivity contribution in [2.75, 3.05) is 19.5 Å². The van der Waals surface area contributed by atoms with Crippen LogP contribution in [0.25, 0.3) is 11.5 Å². The summed E-state index contributed by atoms with van der Waals surface area (Å²) in [7, 11) is 3.06. The molecule has 0 bridgehead atoms. The van der Waals surface area contributed by atoms with Crippen molar-refractivity contribution in [1.29, 1.82) is 0 Å². The Bertz CT molecular complexity index is 926. The molecule has 0 aliphatic carbocycles. The fourth-order valence-corrected chi connectivity index (χ4v) is 2.31. The van der Waals surface area contributed by atoms with Crippen LogP contribution < -0.4 is 14.8 Å². The Morgan fingerprint density at radius 3 is 2.65 bits per heavy atom. The van der Waals surface area contributed by atoms with Crippen molar-refractivity contribution in [3.63, 3.8) is 0 Å². The molecule has 0 aliphatic heterocycles. The predicted molar refractivity (Wildman–Crippen MR) is 91.6 cm³/mol. The van der Waals surface area contributed by atoms with Crippen molar-refractivity contribution >= 4 is 11.6 Å². The highest BCUT2D eigenvalue weighted by Gasteiger charge is 2.15. The highest BCUT2D eigenvalue weighted by Crippen LogP contribution is 2.31. The molecule has 3 aromatic rings. The summed E-state index contributed by atoms with van der Waals surface area (Å²) < 4.78 is 29.2. The van der Waals surface area contributed by atoms with Crippen molar-refractivity contribution in [1.82, 2.24) is 10.1 Å². The van der Waals surface area contributed by atoms with Gasteiger partial charge in [0.15, 0.2) is 17.3 Å². The van der Waals surface area contributed by atoms with Gasteiger partial charge in [-0.15, -0.1) is 0 Å². The van der Waals surface area contributed by atoms with Crippen LogP contribution in [0.4, 0.5) is 10.1 Å². The van der Waals surface area contributed by atoms with E-state index < -0.39 is 11.7 Å². The lowest BCUT2D eigenvalue weighted by molar-refractivity contribution is -0.115. The molecule has 7 nitrogen and oxygen atoms in total. The van der Waals surface area contributed by atoms with E-state index in [0.717, 1.165) is 0 Å². The summed E-state index contributed by atoms with van der Waals surface area (Å²) in [4.78, 5) is 16.2. The van der Waals surface area contributed by atoms with Gasteiger partial charge in [0.1, 0.15) is 5.82 Å². The molecule has 0 radical (unpaired) electrons. The monoisotopic (exact) mass is 357 g/mol. The number of methoxy groups -OCH3 is 2. The Labute approximate surface area is 148 Å². The largest absolute Gasteiger partial charge is 0.493 e. The summed E-state index contributed by atoms with van der Waals surface area (Å²) in [5, 5.41) is 6.25. The Morgan fingerprint density at radius 1 is 1.15 bits per heavy atom. The maximum Gasteiger partial charge on any atom is 0.258 e. The standard InChI is InChI=1S/C18H16FN3O4/c1-24-14-8-7-11(9-15(14)25-2)18-21-16(22-26-18)10-17(23)20-13-6-4-3-5-12(13)19/h3-9H,10H2,1-2H3,(H,20,23). The van der Waals surface area contributed by atoms with Crippen molar-refractivity contribution in [3.8, 4) is 23.0 Å². The van der Waals surface area contributed by atoms with E-state index in [2.05, 4.69) is 15.5 Å². The molecule has 8 heteroatoms. The molecular weight excluding hydrogens is 341 g/mol. The minimum absolute atomic E-state index is 0.0982. The number of para-hydroxylation sites is 1. The van der Waals surface area contributed by atoms with E-state index in [1.54, 1.807) is 30.3 Å². The van der Waals surface area contributed by atoms with E-state index >= 15 is 0 Å². The van der Waals surface area contributed by atoms with Crippen molar-refractivity contribution in [3.05, 3.63) is 54.1 Å². The van der Waals surface area contributed by atoms with Gasteiger partial charge in [0.25, 0.3) is 5.89 Å². The number of carbonyl (C=O) groups is 1. The van der Waals surface area contributed by atoms with Gasteiger partial charge in [-0.05, 0) is 30.3 Å². The number of halogens is 1. The summed E-state index contributed by atoms with van der Waals surface area (Å²) in [6, 6.07) is 11.0. The third-order valence-electron chi connectivity index (χ3n) is 3.57. The zero-order chi connectivity index (χ0) is 18.5. The Balaban J connectivity index is 1.72. The SMILES string of the molecule is COc1ccc(-c2nc(CC(=O)Nc3ccccc3F)no2)cc1OC. The zero-order valence-electron chi connectivity index (χ0n) is 14.2. The number of amides is 1. The van der Waals surface area contributed by atoms with E-state index in [9.17, 15) is 9.18 Å². The van der Waals surface area contributed by atoms with Gasteiger partial charge in [0.05, 0.1) is 26.3 Å². The van der Waals surface area contributed by atoms with Crippen LogP contribution in [0.3, 0.4) is 0 Å². The molecule has 26 heavy (non-hydrogen) atoms. The molecule has 0 fully saturated rings. The zero-order valence-corrected chi connectivity index (χ0v) is 14.2. The Kier molecular flexibility index (Phi) is 5.12. The number of rotatable bonds is 6. The number of hydrogen-bond acceptors (Lipinski definition) is 6. The number of carbonyl (C=O) groups excluding carboxylic acids is 1. The fraction of sp³-hybridized carbons (Fsp3) is 0.167. The molecule has 0 spiro atoms. The van der Waals surface area contributed by atoms with Crippen LogP contribution in [0.5, 0.6) is 11.5 Å². The topological polar surface area (TPSA) is 86.5 Å². The summed E-state index contributed by atoms with van der Waals surface area (Å²) in [6.45, 7) is 0. The average molecular weight is 357 g/mol. The first-order valence-electron chi connectivity index (χ1n) is 7.70. The minimum atomic E-state index is -0.514. The lowest BCUT2D eigenvalue weighted by Crippen LogP contribution is -2.16. The number of hydrogen-bond donors (Lipinski definition) is 1. The molecule has 0 saturated heterocycles. The summed E-state index contributed by atoms with van der Waals surface area (Å²) in [5.74, 6) is 0.542. The lowest BCUT2D eigenvalue weighted by Gasteiger charge is -2.07. The number of benzene rings is 2. The Hall–Kier alpha value is -3.42. The number of aromatic nitrogens is 2. The van der Waals surface area contributed by atoms with Gasteiger partial charge >= 0.3 is 0 Å². The van der Waals surface area contributed by atoms with Crippen LogP contribution in [0.15, 0.2) is 47.0 Å². The molecule has 1 aromatic heterocycles. The van der Waals surface area contributed by atoms with Crippen LogP contribution >= 0.6 is 0 Å². The summed E-state index contributed by atoms with van der Waals surface area (Å²) in [6.07, 6.45) is -0.148. The Morgan fingerprint density at radius 2 is 1.92 bits per heavy atom. The third-order valence-corrected chi connectivity index (χ3v) is 3.57. The molecule has 3 rings (SSSR count). The third kappa shape index (κ3) is 3.80. The van der Waals surface area contributed by atoms with Gasteiger partial charge in [-0.2, -0.15) is 4.98 Å². The molecule has 1 amide bonds. The normalized spacial score (nSPS) is 10.4. The molecular formula is C18H16FN3O4. The van der Waals surface area contributed by atoms with Crippen LogP contribution in [-0.4, -0.2) is 30.3 Å². The van der Waals surface area contributed by atoms with Crippen molar-refractivity contribution in [2.45, 2.75) is 6.42 Å². The number of ether oxygens (including phenoxy) is 2. The highest BCUT2D eigenvalue weighted by atomic mass is 19.1. The van der Waals surface area contributed by atoms with E-state index in [4.69, 9.17) is 14.0 Å². The number of anilines is 1. The van der Waals surface area contributed by atoms with Crippen LogP contribution in [0.1, 0.15) is 5.82 Å². The maximum absolute atomic E-state index is 13.6. The predicted octanol–water partition coefficient (Wildman–Crippen LogP) is 3.07. The maximum atomic E-state index is 13.6. The van der Waals surface area contributed by atoms with Crippen molar-refractivity contribution < 1.29 is 23.2 Å². The first-order valence-corrected chi connectivity index (χ1v) is 7.70. The molecule has 0 atom stereocenters.